The van der Waals surface area contributed by atoms with Gasteiger partial charge in [0.05, 0.1) is 0 Å². The molecule has 4 heteroatoms. The lowest BCUT2D eigenvalue weighted by molar-refractivity contribution is -0.120. The van der Waals surface area contributed by atoms with E-state index in [1.54, 1.807) is 6.92 Å². The highest BCUT2D eigenvalue weighted by atomic mass is 16.4. The fourth-order valence-corrected chi connectivity index (χ4v) is 2.43. The molecule has 0 bridgehead atoms. The van der Waals surface area contributed by atoms with Crippen molar-refractivity contribution in [3.05, 3.63) is 16.9 Å². The topological polar surface area (TPSA) is 66.0 Å². The molecular formula is C14H18N2O2. The Kier molecular flexibility index (Phi) is 3.71. The monoisotopic (exact) mass is 246 g/mol. The molecule has 1 aromatic heterocycles. The van der Waals surface area contributed by atoms with Crippen LogP contribution in [0.25, 0.3) is 0 Å². The summed E-state index contributed by atoms with van der Waals surface area (Å²) in [6.07, 6.45) is 5.31. The molecule has 1 N–H and O–H groups in total. The standard InChI is InChI=1S/C14H18N2O2/c1-9-10(2)18-14(12(9)8-15)16-13(17)11-6-4-3-5-7-11/h11H,3-7H2,1-2H3,(H,16,17). The highest BCUT2D eigenvalue weighted by molar-refractivity contribution is 5.92. The van der Waals surface area contributed by atoms with Crippen molar-refractivity contribution in [3.63, 3.8) is 0 Å². The first-order chi connectivity index (χ1) is 8.63. The van der Waals surface area contributed by atoms with Gasteiger partial charge >= 0.3 is 0 Å². The van der Waals surface area contributed by atoms with Crippen LogP contribution in [-0.2, 0) is 4.79 Å². The minimum atomic E-state index is -0.0139. The Morgan fingerprint density at radius 2 is 2.00 bits per heavy atom. The molecule has 0 aliphatic heterocycles. The number of hydrogen-bond acceptors (Lipinski definition) is 3. The van der Waals surface area contributed by atoms with E-state index in [0.717, 1.165) is 31.2 Å². The van der Waals surface area contributed by atoms with Crippen LogP contribution < -0.4 is 5.32 Å². The summed E-state index contributed by atoms with van der Waals surface area (Å²) in [6.45, 7) is 3.63. The smallest absolute Gasteiger partial charge is 0.229 e. The second-order valence-electron chi connectivity index (χ2n) is 4.92. The van der Waals surface area contributed by atoms with E-state index in [1.807, 2.05) is 6.92 Å². The average Bonchev–Trinajstić information content (AvgIpc) is 2.65. The molecule has 18 heavy (non-hydrogen) atoms. The molecule has 1 amide bonds. The number of aryl methyl sites for hydroxylation is 1. The molecule has 1 fully saturated rings. The third kappa shape index (κ3) is 2.40. The van der Waals surface area contributed by atoms with Crippen LogP contribution >= 0.6 is 0 Å². The van der Waals surface area contributed by atoms with Crippen molar-refractivity contribution in [2.24, 2.45) is 5.92 Å². The quantitative estimate of drug-likeness (QED) is 0.870. The molecule has 1 saturated carbocycles. The number of carbonyl (C=O) groups is 1. The summed E-state index contributed by atoms with van der Waals surface area (Å²) in [4.78, 5) is 12.1. The maximum atomic E-state index is 12.1. The van der Waals surface area contributed by atoms with Crippen LogP contribution in [0.2, 0.25) is 0 Å². The van der Waals surface area contributed by atoms with Crippen molar-refractivity contribution in [1.82, 2.24) is 0 Å². The summed E-state index contributed by atoms with van der Waals surface area (Å²) in [5, 5.41) is 11.8. The molecule has 1 aromatic rings. The SMILES string of the molecule is Cc1oc(NC(=O)C2CCCCC2)c(C#N)c1C. The van der Waals surface area contributed by atoms with Gasteiger partial charge < -0.3 is 4.42 Å². The van der Waals surface area contributed by atoms with E-state index in [-0.39, 0.29) is 11.8 Å². The largest absolute Gasteiger partial charge is 0.444 e. The van der Waals surface area contributed by atoms with Crippen molar-refractivity contribution in [1.29, 1.82) is 5.26 Å². The Hall–Kier alpha value is -1.76. The highest BCUT2D eigenvalue weighted by Gasteiger charge is 2.24. The van der Waals surface area contributed by atoms with Crippen molar-refractivity contribution >= 4 is 11.8 Å². The Balaban J connectivity index is 2.11. The van der Waals surface area contributed by atoms with Gasteiger partial charge in [-0.3, -0.25) is 10.1 Å². The first-order valence-electron chi connectivity index (χ1n) is 6.44. The minimum Gasteiger partial charge on any atom is -0.444 e. The van der Waals surface area contributed by atoms with Crippen LogP contribution in [0.15, 0.2) is 4.42 Å². The third-order valence-electron chi connectivity index (χ3n) is 3.71. The summed E-state index contributed by atoms with van der Waals surface area (Å²) in [5.41, 5.74) is 1.24. The molecule has 0 radical (unpaired) electrons. The van der Waals surface area contributed by atoms with Gasteiger partial charge in [-0.1, -0.05) is 19.3 Å². The van der Waals surface area contributed by atoms with E-state index in [2.05, 4.69) is 11.4 Å². The van der Waals surface area contributed by atoms with E-state index < -0.39 is 0 Å². The van der Waals surface area contributed by atoms with Gasteiger partial charge in [-0.2, -0.15) is 5.26 Å². The van der Waals surface area contributed by atoms with Crippen LogP contribution in [0.4, 0.5) is 5.88 Å². The highest BCUT2D eigenvalue weighted by Crippen LogP contribution is 2.28. The van der Waals surface area contributed by atoms with Crippen molar-refractivity contribution in [2.75, 3.05) is 5.32 Å². The van der Waals surface area contributed by atoms with Gasteiger partial charge in [0.2, 0.25) is 11.8 Å². The molecule has 0 saturated heterocycles. The lowest BCUT2D eigenvalue weighted by Crippen LogP contribution is -2.24. The molecule has 0 spiro atoms. The van der Waals surface area contributed by atoms with Crippen LogP contribution in [0.1, 0.15) is 49.0 Å². The Bertz CT molecular complexity index is 491. The Morgan fingerprint density at radius 1 is 1.33 bits per heavy atom. The van der Waals surface area contributed by atoms with Crippen LogP contribution in [-0.4, -0.2) is 5.91 Å². The van der Waals surface area contributed by atoms with Crippen molar-refractivity contribution < 1.29 is 9.21 Å². The number of amides is 1. The normalized spacial score (nSPS) is 16.3. The molecule has 1 heterocycles. The first-order valence-corrected chi connectivity index (χ1v) is 6.44. The zero-order valence-corrected chi connectivity index (χ0v) is 10.9. The molecule has 1 aliphatic rings. The van der Waals surface area contributed by atoms with Gasteiger partial charge in [-0.15, -0.1) is 0 Å². The maximum Gasteiger partial charge on any atom is 0.229 e. The van der Waals surface area contributed by atoms with Crippen molar-refractivity contribution in [2.45, 2.75) is 46.0 Å². The van der Waals surface area contributed by atoms with Gasteiger partial charge in [0.25, 0.3) is 0 Å². The number of hydrogen-bond donors (Lipinski definition) is 1. The van der Waals surface area contributed by atoms with Gasteiger partial charge in [0, 0.05) is 11.5 Å². The maximum absolute atomic E-state index is 12.1. The zero-order valence-electron chi connectivity index (χ0n) is 10.9. The molecule has 0 unspecified atom stereocenters. The number of anilines is 1. The summed E-state index contributed by atoms with van der Waals surface area (Å²) in [6, 6.07) is 2.08. The molecular weight excluding hydrogens is 228 g/mol. The third-order valence-corrected chi connectivity index (χ3v) is 3.71. The lowest BCUT2D eigenvalue weighted by atomic mass is 9.89. The second-order valence-corrected chi connectivity index (χ2v) is 4.92. The van der Waals surface area contributed by atoms with E-state index in [9.17, 15) is 4.79 Å². The minimum absolute atomic E-state index is 0.0139. The number of carbonyl (C=O) groups excluding carboxylic acids is 1. The van der Waals surface area contributed by atoms with Gasteiger partial charge in [0.1, 0.15) is 17.4 Å². The predicted octanol–water partition coefficient (Wildman–Crippen LogP) is 3.29. The second kappa shape index (κ2) is 5.26. The number of rotatable bonds is 2. The number of nitrogens with one attached hydrogen (secondary N) is 1. The molecule has 0 atom stereocenters. The molecule has 4 nitrogen and oxygen atoms in total. The fraction of sp³-hybridized carbons (Fsp3) is 0.571. The Morgan fingerprint density at radius 3 is 2.61 bits per heavy atom. The molecule has 0 aromatic carbocycles. The number of furan rings is 1. The average molecular weight is 246 g/mol. The van der Waals surface area contributed by atoms with Gasteiger partial charge in [-0.25, -0.2) is 0 Å². The fourth-order valence-electron chi connectivity index (χ4n) is 2.43. The Labute approximate surface area is 107 Å². The lowest BCUT2D eigenvalue weighted by Gasteiger charge is -2.20. The van der Waals surface area contributed by atoms with Gasteiger partial charge in [-0.05, 0) is 26.7 Å². The van der Waals surface area contributed by atoms with Crippen molar-refractivity contribution in [3.8, 4) is 6.07 Å². The number of nitriles is 1. The predicted molar refractivity (Wildman–Crippen MR) is 68.1 cm³/mol. The van der Waals surface area contributed by atoms with Crippen LogP contribution in [0.5, 0.6) is 0 Å². The van der Waals surface area contributed by atoms with E-state index >= 15 is 0 Å². The first kappa shape index (κ1) is 12.7. The number of nitrogens with zero attached hydrogens (tertiary/aromatic N) is 1. The summed E-state index contributed by atoms with van der Waals surface area (Å²) >= 11 is 0. The summed E-state index contributed by atoms with van der Waals surface area (Å²) in [5.74, 6) is 1.05. The molecule has 1 aliphatic carbocycles. The molecule has 96 valence electrons. The van der Waals surface area contributed by atoms with Gasteiger partial charge in [0.15, 0.2) is 0 Å². The summed E-state index contributed by atoms with van der Waals surface area (Å²) in [7, 11) is 0. The molecule has 2 rings (SSSR count). The van der Waals surface area contributed by atoms with Crippen LogP contribution in [0.3, 0.4) is 0 Å². The zero-order chi connectivity index (χ0) is 13.1. The van der Waals surface area contributed by atoms with E-state index in [1.165, 1.54) is 6.42 Å². The van der Waals surface area contributed by atoms with Crippen LogP contribution in [0, 0.1) is 31.1 Å². The summed E-state index contributed by atoms with van der Waals surface area (Å²) < 4.78 is 5.44. The van der Waals surface area contributed by atoms with E-state index in [4.69, 9.17) is 9.68 Å². The van der Waals surface area contributed by atoms with E-state index in [0.29, 0.717) is 17.2 Å².